The minimum atomic E-state index is -0.303. The number of nitrogens with one attached hydrogen (secondary N) is 3. The summed E-state index contributed by atoms with van der Waals surface area (Å²) in [7, 11) is 0. The molecule has 0 saturated heterocycles. The van der Waals surface area contributed by atoms with Crippen LogP contribution in [0.2, 0.25) is 0 Å². The molecule has 0 aliphatic carbocycles. The Labute approximate surface area is 96.6 Å². The van der Waals surface area contributed by atoms with Crippen LogP contribution in [-0.4, -0.2) is 26.1 Å². The van der Waals surface area contributed by atoms with Crippen LogP contribution in [0.25, 0.3) is 0 Å². The van der Waals surface area contributed by atoms with E-state index in [0.29, 0.717) is 12.4 Å². The van der Waals surface area contributed by atoms with Gasteiger partial charge in [0.05, 0.1) is 18.6 Å². The zero-order valence-electron chi connectivity index (χ0n) is 8.84. The highest BCUT2D eigenvalue weighted by molar-refractivity contribution is 5.91. The summed E-state index contributed by atoms with van der Waals surface area (Å²) in [6, 6.07) is 0. The fourth-order valence-electron chi connectivity index (χ4n) is 1.17. The van der Waals surface area contributed by atoms with Gasteiger partial charge in [0.25, 0.3) is 5.91 Å². The van der Waals surface area contributed by atoms with Crippen molar-refractivity contribution >= 4 is 11.7 Å². The van der Waals surface area contributed by atoms with Gasteiger partial charge >= 0.3 is 0 Å². The third-order valence-corrected chi connectivity index (χ3v) is 2.04. The predicted octanol–water partition coefficient (Wildman–Crippen LogP) is -0.585. The second kappa shape index (κ2) is 5.03. The Kier molecular flexibility index (Phi) is 3.26. The van der Waals surface area contributed by atoms with Crippen LogP contribution in [-0.2, 0) is 6.54 Å². The molecule has 8 nitrogen and oxygen atoms in total. The van der Waals surface area contributed by atoms with E-state index in [2.05, 4.69) is 30.9 Å². The smallest absolute Gasteiger partial charge is 0.271 e. The molecule has 2 aromatic heterocycles. The van der Waals surface area contributed by atoms with Crippen LogP contribution >= 0.6 is 0 Å². The third kappa shape index (κ3) is 2.75. The van der Waals surface area contributed by atoms with Crippen molar-refractivity contribution < 1.29 is 4.79 Å². The standard InChI is InChI=1S/C9H11N7O/c10-16-8-5-11-7(4-12-8)9(17)13-1-6-2-14-15-3-6/h2-5H,1,10H2,(H,12,16)(H,13,17)(H,14,15). The number of anilines is 1. The molecule has 0 unspecified atom stereocenters. The van der Waals surface area contributed by atoms with E-state index in [9.17, 15) is 4.79 Å². The van der Waals surface area contributed by atoms with Crippen LogP contribution in [0.1, 0.15) is 16.1 Å². The number of H-pyrrole nitrogens is 1. The monoisotopic (exact) mass is 233 g/mol. The van der Waals surface area contributed by atoms with Gasteiger partial charge in [-0.1, -0.05) is 0 Å². The number of aromatic nitrogens is 4. The summed E-state index contributed by atoms with van der Waals surface area (Å²) < 4.78 is 0. The number of amides is 1. The molecule has 0 saturated carbocycles. The average Bonchev–Trinajstić information content (AvgIpc) is 2.89. The van der Waals surface area contributed by atoms with Gasteiger partial charge in [-0.2, -0.15) is 5.10 Å². The molecular weight excluding hydrogens is 222 g/mol. The van der Waals surface area contributed by atoms with Gasteiger partial charge in [-0.05, 0) is 0 Å². The first-order valence-electron chi connectivity index (χ1n) is 4.84. The number of carbonyl (C=O) groups is 1. The van der Waals surface area contributed by atoms with Gasteiger partial charge in [0, 0.05) is 18.3 Å². The summed E-state index contributed by atoms with van der Waals surface area (Å²) in [5, 5.41) is 9.11. The van der Waals surface area contributed by atoms with Crippen molar-refractivity contribution in [1.29, 1.82) is 0 Å². The number of hydrogen-bond donors (Lipinski definition) is 4. The molecule has 88 valence electrons. The number of nitrogens with zero attached hydrogens (tertiary/aromatic N) is 3. The number of nitrogens with two attached hydrogens (primary N) is 1. The second-order valence-electron chi connectivity index (χ2n) is 3.22. The highest BCUT2D eigenvalue weighted by Crippen LogP contribution is 1.99. The molecule has 2 heterocycles. The number of rotatable bonds is 4. The molecule has 0 aliphatic rings. The highest BCUT2D eigenvalue weighted by atomic mass is 16.1. The molecule has 0 bridgehead atoms. The van der Waals surface area contributed by atoms with Gasteiger partial charge in [0.15, 0.2) is 5.82 Å². The SMILES string of the molecule is NNc1cnc(C(=O)NCc2cn[nH]c2)cn1. The van der Waals surface area contributed by atoms with E-state index in [-0.39, 0.29) is 11.6 Å². The van der Waals surface area contributed by atoms with Gasteiger partial charge in [-0.15, -0.1) is 0 Å². The lowest BCUT2D eigenvalue weighted by atomic mass is 10.3. The van der Waals surface area contributed by atoms with E-state index in [1.807, 2.05) is 0 Å². The minimum absolute atomic E-state index is 0.229. The largest absolute Gasteiger partial charge is 0.346 e. The predicted molar refractivity (Wildman–Crippen MR) is 59.6 cm³/mol. The maximum absolute atomic E-state index is 11.6. The van der Waals surface area contributed by atoms with Crippen LogP contribution in [0.15, 0.2) is 24.8 Å². The Balaban J connectivity index is 1.95. The first-order chi connectivity index (χ1) is 8.29. The zero-order chi connectivity index (χ0) is 12.1. The van der Waals surface area contributed by atoms with Gasteiger partial charge in [0.2, 0.25) is 0 Å². The molecule has 0 aromatic carbocycles. The van der Waals surface area contributed by atoms with Crippen molar-refractivity contribution in [2.24, 2.45) is 5.84 Å². The summed E-state index contributed by atoms with van der Waals surface area (Å²) in [5.74, 6) is 5.23. The van der Waals surface area contributed by atoms with Crippen molar-refractivity contribution in [1.82, 2.24) is 25.5 Å². The average molecular weight is 233 g/mol. The van der Waals surface area contributed by atoms with Crippen LogP contribution in [0.3, 0.4) is 0 Å². The second-order valence-corrected chi connectivity index (χ2v) is 3.22. The molecule has 1 amide bonds. The van der Waals surface area contributed by atoms with Crippen molar-refractivity contribution in [3.63, 3.8) is 0 Å². The number of hydrogen-bond acceptors (Lipinski definition) is 6. The van der Waals surface area contributed by atoms with Crippen molar-refractivity contribution in [3.8, 4) is 0 Å². The Bertz CT molecular complexity index is 479. The van der Waals surface area contributed by atoms with Gasteiger partial charge in [-0.25, -0.2) is 15.8 Å². The number of hydrazine groups is 1. The molecule has 5 N–H and O–H groups in total. The first kappa shape index (κ1) is 11.0. The maximum Gasteiger partial charge on any atom is 0.271 e. The van der Waals surface area contributed by atoms with Crippen molar-refractivity contribution in [2.45, 2.75) is 6.54 Å². The Morgan fingerprint density at radius 1 is 1.35 bits per heavy atom. The number of carbonyl (C=O) groups excluding carboxylic acids is 1. The van der Waals surface area contributed by atoms with E-state index in [0.717, 1.165) is 5.56 Å². The molecule has 8 heteroatoms. The molecule has 2 aromatic rings. The van der Waals surface area contributed by atoms with Crippen LogP contribution in [0.4, 0.5) is 5.82 Å². The van der Waals surface area contributed by atoms with E-state index in [1.165, 1.54) is 12.4 Å². The zero-order valence-corrected chi connectivity index (χ0v) is 8.84. The normalized spacial score (nSPS) is 9.94. The quantitative estimate of drug-likeness (QED) is 0.414. The highest BCUT2D eigenvalue weighted by Gasteiger charge is 2.07. The first-order valence-corrected chi connectivity index (χ1v) is 4.84. The number of aromatic amines is 1. The molecule has 0 aliphatic heterocycles. The minimum Gasteiger partial charge on any atom is -0.346 e. The van der Waals surface area contributed by atoms with E-state index in [1.54, 1.807) is 12.4 Å². The van der Waals surface area contributed by atoms with Gasteiger partial charge < -0.3 is 10.7 Å². The fraction of sp³-hybridized carbons (Fsp3) is 0.111. The van der Waals surface area contributed by atoms with Gasteiger partial charge in [0.1, 0.15) is 5.69 Å². The topological polar surface area (TPSA) is 122 Å². The molecular formula is C9H11N7O. The van der Waals surface area contributed by atoms with Gasteiger partial charge in [-0.3, -0.25) is 9.89 Å². The van der Waals surface area contributed by atoms with Crippen molar-refractivity contribution in [2.75, 3.05) is 5.43 Å². The Morgan fingerprint density at radius 3 is 2.82 bits per heavy atom. The fourth-order valence-corrected chi connectivity index (χ4v) is 1.17. The third-order valence-electron chi connectivity index (χ3n) is 2.04. The van der Waals surface area contributed by atoms with E-state index < -0.39 is 0 Å². The van der Waals surface area contributed by atoms with Crippen molar-refractivity contribution in [3.05, 3.63) is 36.0 Å². The molecule has 0 fully saturated rings. The molecule has 2 rings (SSSR count). The Morgan fingerprint density at radius 2 is 2.24 bits per heavy atom. The van der Waals surface area contributed by atoms with E-state index >= 15 is 0 Å². The Hall–Kier alpha value is -2.48. The molecule has 0 radical (unpaired) electrons. The summed E-state index contributed by atoms with van der Waals surface area (Å²) >= 11 is 0. The van der Waals surface area contributed by atoms with Crippen LogP contribution < -0.4 is 16.6 Å². The lowest BCUT2D eigenvalue weighted by molar-refractivity contribution is 0.0945. The lowest BCUT2D eigenvalue weighted by Crippen LogP contribution is -2.24. The summed E-state index contributed by atoms with van der Waals surface area (Å²) in [5.41, 5.74) is 3.44. The summed E-state index contributed by atoms with van der Waals surface area (Å²) in [4.78, 5) is 19.4. The summed E-state index contributed by atoms with van der Waals surface area (Å²) in [6.07, 6.45) is 6.06. The van der Waals surface area contributed by atoms with Crippen LogP contribution in [0.5, 0.6) is 0 Å². The molecule has 17 heavy (non-hydrogen) atoms. The summed E-state index contributed by atoms with van der Waals surface area (Å²) in [6.45, 7) is 0.383. The molecule has 0 atom stereocenters. The van der Waals surface area contributed by atoms with Crippen LogP contribution in [0, 0.1) is 0 Å². The lowest BCUT2D eigenvalue weighted by Gasteiger charge is -2.03. The number of nitrogen functional groups attached to an aromatic ring is 1. The molecule has 0 spiro atoms. The maximum atomic E-state index is 11.6. The van der Waals surface area contributed by atoms with E-state index in [4.69, 9.17) is 5.84 Å².